The van der Waals surface area contributed by atoms with Crippen molar-refractivity contribution < 1.29 is 14.4 Å². The van der Waals surface area contributed by atoms with Crippen LogP contribution in [-0.4, -0.2) is 17.9 Å². The molecule has 18 heavy (non-hydrogen) atoms. The van der Waals surface area contributed by atoms with Gasteiger partial charge in [0.1, 0.15) is 0 Å². The van der Waals surface area contributed by atoms with E-state index in [0.29, 0.717) is 11.4 Å². The highest BCUT2D eigenvalue weighted by atomic mass is 16.2. The van der Waals surface area contributed by atoms with Gasteiger partial charge in [-0.05, 0) is 18.2 Å². The zero-order valence-electron chi connectivity index (χ0n) is 10.1. The fourth-order valence-corrected chi connectivity index (χ4v) is 1.96. The van der Waals surface area contributed by atoms with Gasteiger partial charge >= 0.3 is 0 Å². The van der Waals surface area contributed by atoms with E-state index in [1.807, 2.05) is 0 Å². The van der Waals surface area contributed by atoms with Gasteiger partial charge in [-0.25, -0.2) is 9.69 Å². The van der Waals surface area contributed by atoms with Gasteiger partial charge in [0, 0.05) is 6.42 Å². The maximum Gasteiger partial charge on any atom is 0.240 e. The molecular formula is C13H12N2O3. The van der Waals surface area contributed by atoms with E-state index in [1.54, 1.807) is 32.0 Å². The molecule has 1 saturated heterocycles. The summed E-state index contributed by atoms with van der Waals surface area (Å²) in [6.07, 6.45) is 1.61. The Bertz CT molecular complexity index is 571. The minimum Gasteiger partial charge on any atom is -0.274 e. The summed E-state index contributed by atoms with van der Waals surface area (Å²) in [6, 6.07) is 6.39. The Kier molecular flexibility index (Phi) is 2.85. The number of anilines is 1. The molecule has 0 spiro atoms. The van der Waals surface area contributed by atoms with Crippen LogP contribution in [0.4, 0.5) is 11.4 Å². The minimum atomic E-state index is -0.680. The van der Waals surface area contributed by atoms with E-state index in [9.17, 15) is 14.4 Å². The number of isocyanates is 1. The van der Waals surface area contributed by atoms with Crippen LogP contribution in [0.3, 0.4) is 0 Å². The first kappa shape index (κ1) is 12.2. The summed E-state index contributed by atoms with van der Waals surface area (Å²) in [7, 11) is 0. The van der Waals surface area contributed by atoms with Crippen LogP contribution in [0.5, 0.6) is 0 Å². The van der Waals surface area contributed by atoms with Gasteiger partial charge < -0.3 is 0 Å². The fraction of sp³-hybridized carbons (Fsp3) is 0.308. The highest BCUT2D eigenvalue weighted by molar-refractivity contribution is 6.22. The maximum absolute atomic E-state index is 12.1. The number of amides is 2. The van der Waals surface area contributed by atoms with E-state index < -0.39 is 5.41 Å². The van der Waals surface area contributed by atoms with Gasteiger partial charge in [-0.1, -0.05) is 19.9 Å². The summed E-state index contributed by atoms with van der Waals surface area (Å²) in [4.78, 5) is 38.8. The van der Waals surface area contributed by atoms with Gasteiger partial charge in [0.25, 0.3) is 0 Å². The van der Waals surface area contributed by atoms with Crippen molar-refractivity contribution in [3.05, 3.63) is 24.3 Å². The van der Waals surface area contributed by atoms with Crippen LogP contribution >= 0.6 is 0 Å². The Morgan fingerprint density at radius 2 is 2.06 bits per heavy atom. The molecule has 1 aromatic carbocycles. The van der Waals surface area contributed by atoms with Crippen LogP contribution in [0, 0.1) is 5.41 Å². The molecule has 1 aliphatic rings. The molecule has 5 nitrogen and oxygen atoms in total. The predicted molar refractivity (Wildman–Crippen MR) is 65.1 cm³/mol. The molecule has 1 aliphatic heterocycles. The minimum absolute atomic E-state index is 0.188. The van der Waals surface area contributed by atoms with Crippen molar-refractivity contribution in [3.63, 3.8) is 0 Å². The number of nitrogens with zero attached hydrogens (tertiary/aromatic N) is 2. The molecule has 0 aliphatic carbocycles. The van der Waals surface area contributed by atoms with Crippen molar-refractivity contribution in [2.24, 2.45) is 10.4 Å². The monoisotopic (exact) mass is 244 g/mol. The van der Waals surface area contributed by atoms with E-state index >= 15 is 0 Å². The third-order valence-electron chi connectivity index (χ3n) is 2.89. The highest BCUT2D eigenvalue weighted by Crippen LogP contribution is 2.35. The molecule has 0 bridgehead atoms. The summed E-state index contributed by atoms with van der Waals surface area (Å²) >= 11 is 0. The molecule has 0 N–H and O–H groups in total. The molecule has 2 amide bonds. The van der Waals surface area contributed by atoms with E-state index in [-0.39, 0.29) is 18.2 Å². The van der Waals surface area contributed by atoms with Crippen molar-refractivity contribution in [1.82, 2.24) is 0 Å². The van der Waals surface area contributed by atoms with Crippen molar-refractivity contribution in [2.75, 3.05) is 4.90 Å². The third kappa shape index (κ3) is 1.96. The standard InChI is InChI=1S/C13H12N2O3/c1-13(2)7-11(17)15(12(13)18)10-5-3-4-9(6-10)14-8-16/h3-6H,7H2,1-2H3. The molecule has 0 aromatic heterocycles. The van der Waals surface area contributed by atoms with Gasteiger partial charge in [-0.2, -0.15) is 4.99 Å². The molecule has 0 unspecified atom stereocenters. The van der Waals surface area contributed by atoms with Crippen LogP contribution in [-0.2, 0) is 14.4 Å². The van der Waals surface area contributed by atoms with Gasteiger partial charge in [-0.15, -0.1) is 0 Å². The molecule has 5 heteroatoms. The summed E-state index contributed by atoms with van der Waals surface area (Å²) < 4.78 is 0. The van der Waals surface area contributed by atoms with Gasteiger partial charge in [-0.3, -0.25) is 9.59 Å². The first-order valence-corrected chi connectivity index (χ1v) is 5.51. The lowest BCUT2D eigenvalue weighted by atomic mass is 9.92. The predicted octanol–water partition coefficient (Wildman–Crippen LogP) is 1.94. The quantitative estimate of drug-likeness (QED) is 0.453. The smallest absolute Gasteiger partial charge is 0.240 e. The summed E-state index contributed by atoms with van der Waals surface area (Å²) in [5.41, 5.74) is 0.126. The Balaban J connectivity index is 2.43. The second kappa shape index (κ2) is 4.20. The second-order valence-electron chi connectivity index (χ2n) is 4.82. The Labute approximate surface area is 104 Å². The Morgan fingerprint density at radius 1 is 1.33 bits per heavy atom. The van der Waals surface area contributed by atoms with E-state index in [4.69, 9.17) is 0 Å². The van der Waals surface area contributed by atoms with E-state index in [1.165, 1.54) is 12.1 Å². The number of carbonyl (C=O) groups excluding carboxylic acids is 3. The lowest BCUT2D eigenvalue weighted by Gasteiger charge is -2.17. The van der Waals surface area contributed by atoms with Crippen LogP contribution < -0.4 is 4.90 Å². The summed E-state index contributed by atoms with van der Waals surface area (Å²) in [6.45, 7) is 3.47. The second-order valence-corrected chi connectivity index (χ2v) is 4.82. The number of hydrogen-bond acceptors (Lipinski definition) is 4. The van der Waals surface area contributed by atoms with E-state index in [0.717, 1.165) is 4.90 Å². The Hall–Kier alpha value is -2.26. The number of benzene rings is 1. The average molecular weight is 244 g/mol. The first-order valence-electron chi connectivity index (χ1n) is 5.51. The van der Waals surface area contributed by atoms with Crippen LogP contribution in [0.1, 0.15) is 20.3 Å². The SMILES string of the molecule is CC1(C)CC(=O)N(c2cccc(N=C=O)c2)C1=O. The highest BCUT2D eigenvalue weighted by Gasteiger charge is 2.45. The van der Waals surface area contributed by atoms with Gasteiger partial charge in [0.15, 0.2) is 0 Å². The first-order chi connectivity index (χ1) is 8.45. The number of hydrogen-bond donors (Lipinski definition) is 0. The largest absolute Gasteiger partial charge is 0.274 e. The molecule has 92 valence electrons. The number of carbonyl (C=O) groups is 2. The van der Waals surface area contributed by atoms with Crippen molar-refractivity contribution in [1.29, 1.82) is 0 Å². The van der Waals surface area contributed by atoms with E-state index in [2.05, 4.69) is 4.99 Å². The fourth-order valence-electron chi connectivity index (χ4n) is 1.96. The molecular weight excluding hydrogens is 232 g/mol. The van der Waals surface area contributed by atoms with Crippen molar-refractivity contribution in [2.45, 2.75) is 20.3 Å². The Morgan fingerprint density at radius 3 is 2.61 bits per heavy atom. The van der Waals surface area contributed by atoms with Crippen LogP contribution in [0.25, 0.3) is 0 Å². The lowest BCUT2D eigenvalue weighted by Crippen LogP contribution is -2.32. The normalized spacial score (nSPS) is 17.8. The number of imide groups is 1. The average Bonchev–Trinajstić information content (AvgIpc) is 2.49. The number of aliphatic imine (C=N–C) groups is 1. The molecule has 0 atom stereocenters. The topological polar surface area (TPSA) is 66.8 Å². The summed E-state index contributed by atoms with van der Waals surface area (Å²) in [5, 5.41) is 0. The zero-order valence-corrected chi connectivity index (χ0v) is 10.1. The van der Waals surface area contributed by atoms with Gasteiger partial charge in [0.05, 0.1) is 16.8 Å². The molecule has 0 radical (unpaired) electrons. The molecule has 1 heterocycles. The molecule has 1 fully saturated rings. The molecule has 2 rings (SSSR count). The number of rotatable bonds is 2. The molecule has 0 saturated carbocycles. The van der Waals surface area contributed by atoms with Crippen molar-refractivity contribution in [3.8, 4) is 0 Å². The van der Waals surface area contributed by atoms with Crippen molar-refractivity contribution >= 4 is 29.3 Å². The summed E-state index contributed by atoms with van der Waals surface area (Å²) in [5.74, 6) is -0.475. The lowest BCUT2D eigenvalue weighted by molar-refractivity contribution is -0.124. The van der Waals surface area contributed by atoms with Crippen LogP contribution in [0.2, 0.25) is 0 Å². The third-order valence-corrected chi connectivity index (χ3v) is 2.89. The maximum atomic E-state index is 12.1. The zero-order chi connectivity index (χ0) is 13.3. The van der Waals surface area contributed by atoms with Gasteiger partial charge in [0.2, 0.25) is 17.9 Å². The van der Waals surface area contributed by atoms with Crippen LogP contribution in [0.15, 0.2) is 29.3 Å². The molecule has 1 aromatic rings.